The fourth-order valence-corrected chi connectivity index (χ4v) is 1.94. The molecule has 2 aromatic rings. The lowest BCUT2D eigenvalue weighted by Gasteiger charge is -2.03. The second-order valence-corrected chi connectivity index (χ2v) is 4.88. The normalized spacial score (nSPS) is 10.6. The van der Waals surface area contributed by atoms with E-state index >= 15 is 0 Å². The Bertz CT molecular complexity index is 630. The van der Waals surface area contributed by atoms with Gasteiger partial charge in [0.25, 0.3) is 5.89 Å². The van der Waals surface area contributed by atoms with Gasteiger partial charge in [-0.1, -0.05) is 0 Å². The molecule has 0 atom stereocenters. The summed E-state index contributed by atoms with van der Waals surface area (Å²) in [6.07, 6.45) is 2.94. The van der Waals surface area contributed by atoms with Gasteiger partial charge in [0.15, 0.2) is 5.76 Å². The molecule has 0 unspecified atom stereocenters. The van der Waals surface area contributed by atoms with Crippen LogP contribution in [0.15, 0.2) is 27.2 Å². The van der Waals surface area contributed by atoms with Gasteiger partial charge in [-0.3, -0.25) is 9.59 Å². The minimum absolute atomic E-state index is 0.116. The number of aromatic nitrogens is 1. The molecule has 2 rings (SSSR count). The van der Waals surface area contributed by atoms with E-state index < -0.39 is 5.97 Å². The van der Waals surface area contributed by atoms with E-state index in [-0.39, 0.29) is 18.7 Å². The van der Waals surface area contributed by atoms with Gasteiger partial charge in [0, 0.05) is 13.0 Å². The number of carbonyl (C=O) groups excluding carboxylic acids is 1. The number of carboxylic acid groups (broad SMARTS) is 1. The van der Waals surface area contributed by atoms with Crippen LogP contribution in [-0.2, 0) is 16.0 Å². The van der Waals surface area contributed by atoms with Crippen LogP contribution in [0.5, 0.6) is 0 Å². The standard InChI is InChI=1S/C15H18N2O5/c1-10-11(17-15(22-10)12-5-4-8-21-12)9-13(18)16-7-3-2-6-14(19)20/h4-5,8H,2-3,6-7,9H2,1H3,(H,16,18)(H,19,20). The van der Waals surface area contributed by atoms with Crippen LogP contribution in [0.1, 0.15) is 30.7 Å². The number of carbonyl (C=O) groups is 2. The molecule has 0 aliphatic heterocycles. The van der Waals surface area contributed by atoms with Gasteiger partial charge in [0.05, 0.1) is 18.4 Å². The maximum absolute atomic E-state index is 11.8. The van der Waals surface area contributed by atoms with Crippen molar-refractivity contribution in [3.63, 3.8) is 0 Å². The number of amides is 1. The Labute approximate surface area is 127 Å². The van der Waals surface area contributed by atoms with Gasteiger partial charge in [-0.05, 0) is 31.9 Å². The van der Waals surface area contributed by atoms with Crippen molar-refractivity contribution < 1.29 is 23.5 Å². The molecule has 2 aromatic heterocycles. The Balaban J connectivity index is 1.80. The van der Waals surface area contributed by atoms with E-state index in [0.29, 0.717) is 42.5 Å². The molecule has 0 aliphatic rings. The van der Waals surface area contributed by atoms with E-state index in [9.17, 15) is 9.59 Å². The summed E-state index contributed by atoms with van der Waals surface area (Å²) in [5.74, 6) is 0.454. The van der Waals surface area contributed by atoms with Crippen LogP contribution in [-0.4, -0.2) is 28.5 Å². The fourth-order valence-electron chi connectivity index (χ4n) is 1.94. The number of unbranched alkanes of at least 4 members (excludes halogenated alkanes) is 1. The van der Waals surface area contributed by atoms with Crippen LogP contribution < -0.4 is 5.32 Å². The Morgan fingerprint density at radius 3 is 2.86 bits per heavy atom. The van der Waals surface area contributed by atoms with Crippen LogP contribution in [0.4, 0.5) is 0 Å². The molecule has 1 amide bonds. The van der Waals surface area contributed by atoms with Gasteiger partial charge in [0.2, 0.25) is 5.91 Å². The number of hydrogen-bond donors (Lipinski definition) is 2. The molecule has 0 fully saturated rings. The van der Waals surface area contributed by atoms with Crippen molar-refractivity contribution in [2.24, 2.45) is 0 Å². The van der Waals surface area contributed by atoms with Gasteiger partial charge in [0.1, 0.15) is 5.76 Å². The Hall–Kier alpha value is -2.57. The van der Waals surface area contributed by atoms with Crippen LogP contribution in [0, 0.1) is 6.92 Å². The van der Waals surface area contributed by atoms with Crippen molar-refractivity contribution >= 4 is 11.9 Å². The molecule has 2 heterocycles. The third-order valence-electron chi connectivity index (χ3n) is 3.09. The Morgan fingerprint density at radius 1 is 1.36 bits per heavy atom. The largest absolute Gasteiger partial charge is 0.481 e. The zero-order valence-electron chi connectivity index (χ0n) is 12.3. The quantitative estimate of drug-likeness (QED) is 0.724. The molecule has 0 saturated heterocycles. The zero-order chi connectivity index (χ0) is 15.9. The van der Waals surface area contributed by atoms with Crippen LogP contribution >= 0.6 is 0 Å². The summed E-state index contributed by atoms with van der Waals surface area (Å²) in [5.41, 5.74) is 0.564. The lowest BCUT2D eigenvalue weighted by molar-refractivity contribution is -0.137. The van der Waals surface area contributed by atoms with E-state index in [2.05, 4.69) is 10.3 Å². The molecule has 0 bridgehead atoms. The monoisotopic (exact) mass is 306 g/mol. The highest BCUT2D eigenvalue weighted by Crippen LogP contribution is 2.22. The smallest absolute Gasteiger partial charge is 0.303 e. The predicted octanol–water partition coefficient (Wildman–Crippen LogP) is 2.16. The Kier molecular flexibility index (Phi) is 5.35. The number of nitrogens with one attached hydrogen (secondary N) is 1. The second-order valence-electron chi connectivity index (χ2n) is 4.88. The van der Waals surface area contributed by atoms with Gasteiger partial charge in [-0.2, -0.15) is 0 Å². The number of aryl methyl sites for hydroxylation is 1. The molecule has 0 spiro atoms. The van der Waals surface area contributed by atoms with E-state index in [4.69, 9.17) is 13.9 Å². The highest BCUT2D eigenvalue weighted by molar-refractivity contribution is 5.78. The summed E-state index contributed by atoms with van der Waals surface area (Å²) in [7, 11) is 0. The second kappa shape index (κ2) is 7.44. The maximum Gasteiger partial charge on any atom is 0.303 e. The summed E-state index contributed by atoms with van der Waals surface area (Å²) in [5, 5.41) is 11.3. The molecule has 22 heavy (non-hydrogen) atoms. The van der Waals surface area contributed by atoms with E-state index in [1.54, 1.807) is 19.1 Å². The third-order valence-corrected chi connectivity index (χ3v) is 3.09. The fraction of sp³-hybridized carbons (Fsp3) is 0.400. The van der Waals surface area contributed by atoms with E-state index in [1.807, 2.05) is 0 Å². The molecule has 7 nitrogen and oxygen atoms in total. The number of carboxylic acids is 1. The van der Waals surface area contributed by atoms with Gasteiger partial charge >= 0.3 is 5.97 Å². The van der Waals surface area contributed by atoms with Crippen molar-refractivity contribution in [1.29, 1.82) is 0 Å². The topological polar surface area (TPSA) is 106 Å². The van der Waals surface area contributed by atoms with Gasteiger partial charge in [-0.25, -0.2) is 4.98 Å². The summed E-state index contributed by atoms with van der Waals surface area (Å²) < 4.78 is 10.7. The minimum Gasteiger partial charge on any atom is -0.481 e. The number of oxazole rings is 1. The van der Waals surface area contributed by atoms with Gasteiger partial charge in [-0.15, -0.1) is 0 Å². The zero-order valence-corrected chi connectivity index (χ0v) is 12.3. The first-order chi connectivity index (χ1) is 10.6. The lowest BCUT2D eigenvalue weighted by atomic mass is 10.2. The molecule has 0 aliphatic carbocycles. The SMILES string of the molecule is Cc1oc(-c2ccco2)nc1CC(=O)NCCCCC(=O)O. The van der Waals surface area contributed by atoms with Crippen LogP contribution in [0.25, 0.3) is 11.7 Å². The molecule has 7 heteroatoms. The number of furan rings is 1. The molecular formula is C15H18N2O5. The molecule has 0 aromatic carbocycles. The summed E-state index contributed by atoms with van der Waals surface area (Å²) in [6, 6.07) is 3.47. The maximum atomic E-state index is 11.8. The van der Waals surface area contributed by atoms with Crippen molar-refractivity contribution in [1.82, 2.24) is 10.3 Å². The highest BCUT2D eigenvalue weighted by Gasteiger charge is 2.15. The molecule has 2 N–H and O–H groups in total. The van der Waals surface area contributed by atoms with Crippen molar-refractivity contribution in [3.8, 4) is 11.7 Å². The van der Waals surface area contributed by atoms with Crippen molar-refractivity contribution in [2.45, 2.75) is 32.6 Å². The predicted molar refractivity (Wildman–Crippen MR) is 77.1 cm³/mol. The highest BCUT2D eigenvalue weighted by atomic mass is 16.4. The average Bonchev–Trinajstić information content (AvgIpc) is 3.08. The number of nitrogens with zero attached hydrogens (tertiary/aromatic N) is 1. The third kappa shape index (κ3) is 4.47. The molecule has 0 radical (unpaired) electrons. The van der Waals surface area contributed by atoms with Crippen LogP contribution in [0.2, 0.25) is 0 Å². The number of aliphatic carboxylic acids is 1. The first-order valence-corrected chi connectivity index (χ1v) is 7.05. The van der Waals surface area contributed by atoms with Crippen molar-refractivity contribution in [2.75, 3.05) is 6.54 Å². The minimum atomic E-state index is -0.824. The first-order valence-electron chi connectivity index (χ1n) is 7.05. The summed E-state index contributed by atoms with van der Waals surface area (Å²) in [6.45, 7) is 2.20. The van der Waals surface area contributed by atoms with E-state index in [0.717, 1.165) is 0 Å². The number of hydrogen-bond acceptors (Lipinski definition) is 5. The van der Waals surface area contributed by atoms with Crippen LogP contribution in [0.3, 0.4) is 0 Å². The summed E-state index contributed by atoms with van der Waals surface area (Å²) in [4.78, 5) is 26.4. The lowest BCUT2D eigenvalue weighted by Crippen LogP contribution is -2.26. The Morgan fingerprint density at radius 2 is 2.18 bits per heavy atom. The molecule has 118 valence electrons. The number of rotatable bonds is 8. The first kappa shape index (κ1) is 15.8. The molecule has 0 saturated carbocycles. The van der Waals surface area contributed by atoms with E-state index in [1.165, 1.54) is 6.26 Å². The van der Waals surface area contributed by atoms with Crippen molar-refractivity contribution in [3.05, 3.63) is 29.9 Å². The summed E-state index contributed by atoms with van der Waals surface area (Å²) >= 11 is 0. The average molecular weight is 306 g/mol. The molecular weight excluding hydrogens is 288 g/mol. The van der Waals surface area contributed by atoms with Gasteiger partial charge < -0.3 is 19.3 Å².